The molecule has 58 valence electrons. The summed E-state index contributed by atoms with van der Waals surface area (Å²) >= 11 is 0. The van der Waals surface area contributed by atoms with E-state index in [2.05, 4.69) is 0 Å². The van der Waals surface area contributed by atoms with Gasteiger partial charge in [-0.25, -0.2) is 0 Å². The van der Waals surface area contributed by atoms with Gasteiger partial charge in [0.15, 0.2) is 0 Å². The Morgan fingerprint density at radius 3 is 2.20 bits per heavy atom. The van der Waals surface area contributed by atoms with Crippen LogP contribution >= 0.6 is 0 Å². The first-order chi connectivity index (χ1) is 4.54. The topological polar surface area (TPSA) is 60.2 Å². The minimum atomic E-state index is -0.431. The normalized spacial score (nSPS) is 12.7. The Kier molecular flexibility index (Phi) is 3.88. The smallest absolute Gasteiger partial charge is 0.149 e. The molecule has 0 spiro atoms. The molecular formula is C7H13NO2. The van der Waals surface area contributed by atoms with Crippen molar-refractivity contribution in [1.82, 2.24) is 0 Å². The van der Waals surface area contributed by atoms with E-state index in [1.165, 1.54) is 6.92 Å². The van der Waals surface area contributed by atoms with Gasteiger partial charge in [-0.3, -0.25) is 4.79 Å². The van der Waals surface area contributed by atoms with Gasteiger partial charge in [-0.15, -0.1) is 0 Å². The van der Waals surface area contributed by atoms with Crippen molar-refractivity contribution in [2.24, 2.45) is 5.73 Å². The van der Waals surface area contributed by atoms with Crippen molar-refractivity contribution < 1.29 is 9.59 Å². The number of carbonyl (C=O) groups excluding carboxylic acids is 2. The maximum atomic E-state index is 10.8. The van der Waals surface area contributed by atoms with Crippen LogP contribution in [-0.2, 0) is 9.59 Å². The van der Waals surface area contributed by atoms with Crippen molar-refractivity contribution in [1.29, 1.82) is 0 Å². The lowest BCUT2D eigenvalue weighted by atomic mass is 10.1. The monoisotopic (exact) mass is 143 g/mol. The molecule has 10 heavy (non-hydrogen) atoms. The molecule has 3 nitrogen and oxygen atoms in total. The Balaban J connectivity index is 3.50. The van der Waals surface area contributed by atoms with Gasteiger partial charge in [0.1, 0.15) is 11.6 Å². The van der Waals surface area contributed by atoms with Crippen LogP contribution in [0.5, 0.6) is 0 Å². The molecule has 0 aliphatic heterocycles. The maximum absolute atomic E-state index is 10.8. The van der Waals surface area contributed by atoms with Gasteiger partial charge in [-0.1, -0.05) is 0 Å². The summed E-state index contributed by atoms with van der Waals surface area (Å²) in [6.45, 7) is 3.09. The van der Waals surface area contributed by atoms with Crippen molar-refractivity contribution in [3.8, 4) is 0 Å². The molecule has 1 atom stereocenters. The molecule has 0 aromatic rings. The van der Waals surface area contributed by atoms with Crippen molar-refractivity contribution >= 4 is 11.6 Å². The quantitative estimate of drug-likeness (QED) is 0.614. The van der Waals surface area contributed by atoms with Gasteiger partial charge in [0.2, 0.25) is 0 Å². The van der Waals surface area contributed by atoms with Crippen molar-refractivity contribution in [3.63, 3.8) is 0 Å². The van der Waals surface area contributed by atoms with Gasteiger partial charge >= 0.3 is 0 Å². The lowest BCUT2D eigenvalue weighted by molar-refractivity contribution is -0.123. The Morgan fingerprint density at radius 1 is 1.40 bits per heavy atom. The zero-order valence-corrected chi connectivity index (χ0v) is 6.39. The molecule has 3 heteroatoms. The molecule has 0 aliphatic carbocycles. The second-order valence-corrected chi connectivity index (χ2v) is 2.46. The molecule has 0 heterocycles. The lowest BCUT2D eigenvalue weighted by Gasteiger charge is -2.00. The minimum Gasteiger partial charge on any atom is -0.322 e. The molecule has 0 amide bonds. The van der Waals surface area contributed by atoms with Crippen LogP contribution in [0.1, 0.15) is 26.7 Å². The van der Waals surface area contributed by atoms with Gasteiger partial charge in [0, 0.05) is 12.8 Å². The number of hydrogen-bond acceptors (Lipinski definition) is 3. The molecule has 0 fully saturated rings. The van der Waals surface area contributed by atoms with Gasteiger partial charge in [0.25, 0.3) is 0 Å². The average molecular weight is 143 g/mol. The molecule has 0 saturated heterocycles. The maximum Gasteiger partial charge on any atom is 0.149 e. The van der Waals surface area contributed by atoms with E-state index in [-0.39, 0.29) is 18.0 Å². The van der Waals surface area contributed by atoms with Gasteiger partial charge in [-0.2, -0.15) is 0 Å². The Bertz CT molecular complexity index is 141. The second-order valence-electron chi connectivity index (χ2n) is 2.46. The third-order valence-electron chi connectivity index (χ3n) is 1.23. The van der Waals surface area contributed by atoms with Crippen LogP contribution < -0.4 is 5.73 Å². The Morgan fingerprint density at radius 2 is 1.90 bits per heavy atom. The average Bonchev–Trinajstić information content (AvgIpc) is 1.82. The predicted octanol–water partition coefficient (Wildman–Crippen LogP) is 0.272. The number of rotatable bonds is 4. The highest BCUT2D eigenvalue weighted by molar-refractivity contribution is 5.87. The highest BCUT2D eigenvalue weighted by Crippen LogP contribution is 1.94. The predicted molar refractivity (Wildman–Crippen MR) is 38.6 cm³/mol. The van der Waals surface area contributed by atoms with E-state index < -0.39 is 6.04 Å². The molecule has 0 aromatic heterocycles. The summed E-state index contributed by atoms with van der Waals surface area (Å²) in [5.41, 5.74) is 5.26. The van der Waals surface area contributed by atoms with Crippen LogP contribution in [0.25, 0.3) is 0 Å². The number of Topliss-reactive ketones (excluding diaryl/α,β-unsaturated/α-hetero) is 2. The van der Waals surface area contributed by atoms with Gasteiger partial charge in [0.05, 0.1) is 6.04 Å². The standard InChI is InChI=1S/C7H13NO2/c1-5(9)3-4-7(10)6(2)8/h6H,3-4,8H2,1-2H3/t6-/m0/s1. The summed E-state index contributed by atoms with van der Waals surface area (Å²) in [5.74, 6) is -0.01000. The first-order valence-electron chi connectivity index (χ1n) is 3.31. The second kappa shape index (κ2) is 4.17. The van der Waals surface area contributed by atoms with E-state index >= 15 is 0 Å². The molecule has 2 N–H and O–H groups in total. The first-order valence-corrected chi connectivity index (χ1v) is 3.31. The Hall–Kier alpha value is -0.700. The highest BCUT2D eigenvalue weighted by atomic mass is 16.1. The summed E-state index contributed by atoms with van der Waals surface area (Å²) in [4.78, 5) is 21.1. The number of carbonyl (C=O) groups is 2. The summed E-state index contributed by atoms with van der Waals surface area (Å²) in [7, 11) is 0. The fourth-order valence-electron chi connectivity index (χ4n) is 0.527. The van der Waals surface area contributed by atoms with Crippen LogP contribution in [-0.4, -0.2) is 17.6 Å². The molecule has 0 bridgehead atoms. The van der Waals surface area contributed by atoms with Gasteiger partial charge in [-0.05, 0) is 13.8 Å². The van der Waals surface area contributed by atoms with Crippen molar-refractivity contribution in [2.75, 3.05) is 0 Å². The molecule has 0 radical (unpaired) electrons. The minimum absolute atomic E-state index is 0.0361. The van der Waals surface area contributed by atoms with Crippen LogP contribution in [0.3, 0.4) is 0 Å². The zero-order chi connectivity index (χ0) is 8.15. The zero-order valence-electron chi connectivity index (χ0n) is 6.39. The van der Waals surface area contributed by atoms with Crippen LogP contribution in [0.4, 0.5) is 0 Å². The molecule has 0 rings (SSSR count). The lowest BCUT2D eigenvalue weighted by Crippen LogP contribution is -2.26. The van der Waals surface area contributed by atoms with E-state index in [0.29, 0.717) is 6.42 Å². The highest BCUT2D eigenvalue weighted by Gasteiger charge is 2.07. The molecule has 0 aromatic carbocycles. The summed E-state index contributed by atoms with van der Waals surface area (Å²) in [6, 6.07) is -0.431. The van der Waals surface area contributed by atoms with E-state index in [0.717, 1.165) is 0 Å². The van der Waals surface area contributed by atoms with E-state index in [4.69, 9.17) is 5.73 Å². The number of nitrogens with two attached hydrogens (primary N) is 1. The third kappa shape index (κ3) is 4.21. The van der Waals surface area contributed by atoms with Crippen LogP contribution in [0.2, 0.25) is 0 Å². The fourth-order valence-corrected chi connectivity index (χ4v) is 0.527. The third-order valence-corrected chi connectivity index (χ3v) is 1.23. The van der Waals surface area contributed by atoms with Crippen LogP contribution in [0.15, 0.2) is 0 Å². The molecule has 0 saturated carbocycles. The SMILES string of the molecule is CC(=O)CCC(=O)[C@H](C)N. The van der Waals surface area contributed by atoms with Gasteiger partial charge < -0.3 is 10.5 Å². The van der Waals surface area contributed by atoms with E-state index in [1.54, 1.807) is 6.92 Å². The summed E-state index contributed by atoms with van der Waals surface area (Å²) in [6.07, 6.45) is 0.605. The molecular weight excluding hydrogens is 130 g/mol. The fraction of sp³-hybridized carbons (Fsp3) is 0.714. The summed E-state index contributed by atoms with van der Waals surface area (Å²) in [5, 5.41) is 0. The Labute approximate surface area is 60.6 Å². The van der Waals surface area contributed by atoms with E-state index in [9.17, 15) is 9.59 Å². The largest absolute Gasteiger partial charge is 0.322 e. The van der Waals surface area contributed by atoms with E-state index in [1.807, 2.05) is 0 Å². The molecule has 0 unspecified atom stereocenters. The first kappa shape index (κ1) is 9.30. The van der Waals surface area contributed by atoms with Crippen molar-refractivity contribution in [3.05, 3.63) is 0 Å². The number of ketones is 2. The summed E-state index contributed by atoms with van der Waals surface area (Å²) < 4.78 is 0. The number of hydrogen-bond donors (Lipinski definition) is 1. The van der Waals surface area contributed by atoms with Crippen molar-refractivity contribution in [2.45, 2.75) is 32.7 Å². The van der Waals surface area contributed by atoms with Crippen LogP contribution in [0, 0.1) is 0 Å². The molecule has 0 aliphatic rings.